The van der Waals surface area contributed by atoms with E-state index >= 15 is 0 Å². The van der Waals surface area contributed by atoms with Gasteiger partial charge in [-0.05, 0) is 23.8 Å². The number of nitrogens with zero attached hydrogens (tertiary/aromatic N) is 4. The van der Waals surface area contributed by atoms with E-state index in [2.05, 4.69) is 15.0 Å². The third-order valence-electron chi connectivity index (χ3n) is 3.54. The number of ether oxygens (including phenoxy) is 1. The Morgan fingerprint density at radius 3 is 2.60 bits per heavy atom. The minimum atomic E-state index is -0.116. The van der Waals surface area contributed by atoms with Gasteiger partial charge in [0.05, 0.1) is 12.1 Å². The highest BCUT2D eigenvalue weighted by atomic mass is 32.1. The molecule has 7 heteroatoms. The minimum absolute atomic E-state index is 0.116. The number of hydrogen-bond acceptors (Lipinski definition) is 6. The van der Waals surface area contributed by atoms with Crippen LogP contribution in [0.3, 0.4) is 0 Å². The zero-order chi connectivity index (χ0) is 17.5. The van der Waals surface area contributed by atoms with Crippen molar-refractivity contribution in [2.45, 2.75) is 13.3 Å². The highest BCUT2D eigenvalue weighted by Crippen LogP contribution is 2.17. The highest BCUT2D eigenvalue weighted by Gasteiger charge is 2.13. The van der Waals surface area contributed by atoms with E-state index in [1.165, 1.54) is 22.3 Å². The Bertz CT molecular complexity index is 792. The first-order chi connectivity index (χ1) is 12.2. The molecule has 0 aliphatic rings. The normalized spacial score (nSPS) is 10.4. The van der Waals surface area contributed by atoms with E-state index in [0.717, 1.165) is 12.2 Å². The van der Waals surface area contributed by atoms with Gasteiger partial charge in [0.15, 0.2) is 0 Å². The van der Waals surface area contributed by atoms with E-state index < -0.39 is 0 Å². The lowest BCUT2D eigenvalue weighted by Gasteiger charge is -2.18. The standard InChI is InChI=1S/C18H18N4O2S/c1-14(23)22(18-20-7-2-8-21-18)9-10-24-16-5-3-15(4-6-16)11-17-12-19-13-25-17/h2-8,12-13H,9-11H2,1H3. The van der Waals surface area contributed by atoms with Crippen molar-refractivity contribution < 1.29 is 9.53 Å². The van der Waals surface area contributed by atoms with Gasteiger partial charge in [-0.1, -0.05) is 12.1 Å². The lowest BCUT2D eigenvalue weighted by Crippen LogP contribution is -2.34. The fourth-order valence-corrected chi connectivity index (χ4v) is 2.95. The minimum Gasteiger partial charge on any atom is -0.492 e. The van der Waals surface area contributed by atoms with Crippen molar-refractivity contribution in [1.29, 1.82) is 0 Å². The summed E-state index contributed by atoms with van der Waals surface area (Å²) < 4.78 is 5.74. The molecule has 0 radical (unpaired) electrons. The number of aromatic nitrogens is 3. The van der Waals surface area contributed by atoms with Crippen molar-refractivity contribution in [2.75, 3.05) is 18.1 Å². The highest BCUT2D eigenvalue weighted by molar-refractivity contribution is 7.09. The molecule has 0 unspecified atom stereocenters. The van der Waals surface area contributed by atoms with Crippen molar-refractivity contribution in [3.8, 4) is 5.75 Å². The molecule has 0 aliphatic carbocycles. The maximum absolute atomic E-state index is 11.8. The molecule has 1 aromatic carbocycles. The van der Waals surface area contributed by atoms with Gasteiger partial charge in [-0.2, -0.15) is 0 Å². The van der Waals surface area contributed by atoms with Gasteiger partial charge in [0, 0.05) is 36.8 Å². The van der Waals surface area contributed by atoms with Crippen molar-refractivity contribution >= 4 is 23.2 Å². The van der Waals surface area contributed by atoms with Gasteiger partial charge in [-0.15, -0.1) is 11.3 Å². The predicted octanol–water partition coefficient (Wildman–Crippen LogP) is 2.96. The van der Waals surface area contributed by atoms with Crippen LogP contribution in [0.4, 0.5) is 5.95 Å². The van der Waals surface area contributed by atoms with Gasteiger partial charge in [-0.3, -0.25) is 14.7 Å². The Morgan fingerprint density at radius 2 is 1.96 bits per heavy atom. The van der Waals surface area contributed by atoms with E-state index in [1.807, 2.05) is 36.0 Å². The fraction of sp³-hybridized carbons (Fsp3) is 0.222. The van der Waals surface area contributed by atoms with E-state index in [-0.39, 0.29) is 5.91 Å². The van der Waals surface area contributed by atoms with E-state index in [1.54, 1.807) is 29.8 Å². The lowest BCUT2D eigenvalue weighted by molar-refractivity contribution is -0.116. The molecule has 25 heavy (non-hydrogen) atoms. The zero-order valence-electron chi connectivity index (χ0n) is 13.8. The first kappa shape index (κ1) is 17.0. The van der Waals surface area contributed by atoms with Crippen LogP contribution in [0, 0.1) is 0 Å². The van der Waals surface area contributed by atoms with Gasteiger partial charge >= 0.3 is 0 Å². The van der Waals surface area contributed by atoms with Crippen LogP contribution in [0.25, 0.3) is 0 Å². The summed E-state index contributed by atoms with van der Waals surface area (Å²) in [5.74, 6) is 1.04. The molecule has 0 fully saturated rings. The molecule has 2 aromatic heterocycles. The second-order valence-electron chi connectivity index (χ2n) is 5.36. The average molecular weight is 354 g/mol. The van der Waals surface area contributed by atoms with Crippen LogP contribution >= 0.6 is 11.3 Å². The number of rotatable bonds is 7. The topological polar surface area (TPSA) is 68.2 Å². The van der Waals surface area contributed by atoms with Crippen LogP contribution in [0.2, 0.25) is 0 Å². The number of amides is 1. The molecule has 0 atom stereocenters. The summed E-state index contributed by atoms with van der Waals surface area (Å²) in [6.45, 7) is 2.25. The van der Waals surface area contributed by atoms with Gasteiger partial charge in [-0.25, -0.2) is 9.97 Å². The lowest BCUT2D eigenvalue weighted by atomic mass is 10.1. The Morgan fingerprint density at radius 1 is 1.20 bits per heavy atom. The number of carbonyl (C=O) groups excluding carboxylic acids is 1. The summed E-state index contributed by atoms with van der Waals surface area (Å²) in [5, 5.41) is 0. The predicted molar refractivity (Wildman–Crippen MR) is 96.9 cm³/mol. The summed E-state index contributed by atoms with van der Waals surface area (Å²) in [6, 6.07) is 9.67. The summed E-state index contributed by atoms with van der Waals surface area (Å²) in [7, 11) is 0. The van der Waals surface area contributed by atoms with Crippen molar-refractivity contribution in [1.82, 2.24) is 15.0 Å². The largest absolute Gasteiger partial charge is 0.492 e. The number of thiazole rings is 1. The van der Waals surface area contributed by atoms with E-state index in [0.29, 0.717) is 19.1 Å². The molecule has 0 N–H and O–H groups in total. The first-order valence-corrected chi connectivity index (χ1v) is 8.74. The molecule has 0 bridgehead atoms. The molecule has 6 nitrogen and oxygen atoms in total. The van der Waals surface area contributed by atoms with Crippen LogP contribution in [0.15, 0.2) is 54.4 Å². The Labute approximate surface area is 150 Å². The van der Waals surface area contributed by atoms with Gasteiger partial charge in [0.1, 0.15) is 12.4 Å². The van der Waals surface area contributed by atoms with Crippen molar-refractivity contribution in [3.05, 3.63) is 64.9 Å². The van der Waals surface area contributed by atoms with Crippen LogP contribution in [0.5, 0.6) is 5.75 Å². The van der Waals surface area contributed by atoms with E-state index in [4.69, 9.17) is 4.74 Å². The van der Waals surface area contributed by atoms with Crippen molar-refractivity contribution in [3.63, 3.8) is 0 Å². The number of anilines is 1. The van der Waals surface area contributed by atoms with Crippen LogP contribution in [-0.4, -0.2) is 34.0 Å². The molecule has 128 valence electrons. The first-order valence-electron chi connectivity index (χ1n) is 7.86. The van der Waals surface area contributed by atoms with Crippen LogP contribution < -0.4 is 9.64 Å². The maximum atomic E-state index is 11.8. The average Bonchev–Trinajstić information content (AvgIpc) is 3.13. The second-order valence-corrected chi connectivity index (χ2v) is 6.33. The van der Waals surface area contributed by atoms with Gasteiger partial charge in [0.2, 0.25) is 11.9 Å². The number of carbonyl (C=O) groups is 1. The molecule has 1 amide bonds. The smallest absolute Gasteiger partial charge is 0.232 e. The number of hydrogen-bond donors (Lipinski definition) is 0. The molecule has 0 spiro atoms. The van der Waals surface area contributed by atoms with E-state index in [9.17, 15) is 4.79 Å². The molecule has 0 aliphatic heterocycles. The maximum Gasteiger partial charge on any atom is 0.232 e. The molecule has 3 rings (SSSR count). The summed E-state index contributed by atoms with van der Waals surface area (Å²) in [6.07, 6.45) is 5.98. The van der Waals surface area contributed by atoms with Gasteiger partial charge < -0.3 is 4.74 Å². The zero-order valence-corrected chi connectivity index (χ0v) is 14.6. The molecular weight excluding hydrogens is 336 g/mol. The Hall–Kier alpha value is -2.80. The van der Waals surface area contributed by atoms with Gasteiger partial charge in [0.25, 0.3) is 0 Å². The quantitative estimate of drug-likeness (QED) is 0.652. The number of benzene rings is 1. The van der Waals surface area contributed by atoms with Crippen LogP contribution in [-0.2, 0) is 11.2 Å². The van der Waals surface area contributed by atoms with Crippen LogP contribution in [0.1, 0.15) is 17.4 Å². The molecular formula is C18H18N4O2S. The third kappa shape index (κ3) is 4.84. The molecule has 0 saturated heterocycles. The SMILES string of the molecule is CC(=O)N(CCOc1ccc(Cc2cncs2)cc1)c1ncccn1. The summed E-state index contributed by atoms with van der Waals surface area (Å²) in [4.78, 5) is 26.8. The fourth-order valence-electron chi connectivity index (χ4n) is 2.32. The Balaban J connectivity index is 1.53. The second kappa shape index (κ2) is 8.34. The molecule has 2 heterocycles. The molecule has 3 aromatic rings. The monoisotopic (exact) mass is 354 g/mol. The summed E-state index contributed by atoms with van der Waals surface area (Å²) in [5.41, 5.74) is 3.05. The Kier molecular flexibility index (Phi) is 5.69. The third-order valence-corrected chi connectivity index (χ3v) is 4.32. The summed E-state index contributed by atoms with van der Waals surface area (Å²) >= 11 is 1.65. The molecule has 0 saturated carbocycles. The van der Waals surface area contributed by atoms with Crippen molar-refractivity contribution in [2.24, 2.45) is 0 Å².